The van der Waals surface area contributed by atoms with Gasteiger partial charge in [-0.3, -0.25) is 0 Å². The van der Waals surface area contributed by atoms with Crippen molar-refractivity contribution in [3.63, 3.8) is 0 Å². The fraction of sp³-hybridized carbons (Fsp3) is 0.714. The molecule has 0 bridgehead atoms. The summed E-state index contributed by atoms with van der Waals surface area (Å²) >= 11 is 3.46. The summed E-state index contributed by atoms with van der Waals surface area (Å²) in [5.41, 5.74) is -0.0418. The number of hydrogen-bond donors (Lipinski definition) is 1. The van der Waals surface area contributed by atoms with Crippen LogP contribution >= 0.6 is 15.9 Å². The molecule has 0 fully saturated rings. The van der Waals surface area contributed by atoms with Crippen LogP contribution in [0.2, 0.25) is 0 Å². The lowest BCUT2D eigenvalue weighted by atomic mass is 9.96. The summed E-state index contributed by atoms with van der Waals surface area (Å²) in [7, 11) is 0. The highest BCUT2D eigenvalue weighted by Gasteiger charge is 2.19. The SMILES string of the molecule is CCC(C)C(C)Nc1cc(Br)nc(C(C)(C)C)n1. The van der Waals surface area contributed by atoms with Gasteiger partial charge in [0.15, 0.2) is 0 Å². The minimum absolute atomic E-state index is 0.0418. The van der Waals surface area contributed by atoms with E-state index < -0.39 is 0 Å². The molecular formula is C14H24BrN3. The molecule has 18 heavy (non-hydrogen) atoms. The van der Waals surface area contributed by atoms with Gasteiger partial charge in [-0.2, -0.15) is 0 Å². The molecule has 0 amide bonds. The maximum Gasteiger partial charge on any atom is 0.137 e. The molecule has 2 atom stereocenters. The molecule has 2 unspecified atom stereocenters. The van der Waals surface area contributed by atoms with E-state index in [0.717, 1.165) is 22.7 Å². The van der Waals surface area contributed by atoms with Crippen molar-refractivity contribution in [2.75, 3.05) is 5.32 Å². The molecule has 0 aromatic carbocycles. The van der Waals surface area contributed by atoms with Gasteiger partial charge in [-0.15, -0.1) is 0 Å². The Bertz CT molecular complexity index is 399. The normalized spacial score (nSPS) is 15.3. The van der Waals surface area contributed by atoms with E-state index in [0.29, 0.717) is 12.0 Å². The van der Waals surface area contributed by atoms with E-state index in [1.165, 1.54) is 0 Å². The molecule has 1 heterocycles. The van der Waals surface area contributed by atoms with Crippen molar-refractivity contribution < 1.29 is 0 Å². The van der Waals surface area contributed by atoms with Crippen molar-refractivity contribution in [3.05, 3.63) is 16.5 Å². The fourth-order valence-electron chi connectivity index (χ4n) is 1.56. The lowest BCUT2D eigenvalue weighted by Gasteiger charge is -2.22. The Morgan fingerprint density at radius 2 is 1.89 bits per heavy atom. The van der Waals surface area contributed by atoms with Gasteiger partial charge < -0.3 is 5.32 Å². The smallest absolute Gasteiger partial charge is 0.137 e. The van der Waals surface area contributed by atoms with E-state index in [9.17, 15) is 0 Å². The Balaban J connectivity index is 2.94. The van der Waals surface area contributed by atoms with E-state index in [1.807, 2.05) is 6.07 Å². The number of halogens is 1. The zero-order chi connectivity index (χ0) is 13.9. The van der Waals surface area contributed by atoms with Crippen LogP contribution in [0, 0.1) is 5.92 Å². The van der Waals surface area contributed by atoms with Gasteiger partial charge >= 0.3 is 0 Å². The first-order valence-electron chi connectivity index (χ1n) is 6.55. The van der Waals surface area contributed by atoms with Crippen LogP contribution in [-0.4, -0.2) is 16.0 Å². The van der Waals surface area contributed by atoms with E-state index in [1.54, 1.807) is 0 Å². The summed E-state index contributed by atoms with van der Waals surface area (Å²) < 4.78 is 0.835. The molecule has 0 saturated carbocycles. The van der Waals surface area contributed by atoms with Crippen molar-refractivity contribution in [2.45, 2.75) is 59.4 Å². The van der Waals surface area contributed by atoms with Crippen LogP contribution in [0.15, 0.2) is 10.7 Å². The number of aromatic nitrogens is 2. The largest absolute Gasteiger partial charge is 0.367 e. The van der Waals surface area contributed by atoms with Crippen LogP contribution in [-0.2, 0) is 5.41 Å². The van der Waals surface area contributed by atoms with Crippen molar-refractivity contribution in [1.29, 1.82) is 0 Å². The molecule has 0 aliphatic heterocycles. The molecule has 1 aromatic rings. The molecule has 0 aliphatic rings. The topological polar surface area (TPSA) is 37.8 Å². The molecule has 0 saturated heterocycles. The average molecular weight is 314 g/mol. The second-order valence-corrected chi connectivity index (χ2v) is 6.78. The molecular weight excluding hydrogens is 290 g/mol. The monoisotopic (exact) mass is 313 g/mol. The highest BCUT2D eigenvalue weighted by atomic mass is 79.9. The fourth-order valence-corrected chi connectivity index (χ4v) is 1.94. The van der Waals surface area contributed by atoms with E-state index >= 15 is 0 Å². The molecule has 1 rings (SSSR count). The Morgan fingerprint density at radius 1 is 1.28 bits per heavy atom. The summed E-state index contributed by atoms with van der Waals surface area (Å²) in [6, 6.07) is 2.35. The molecule has 0 aliphatic carbocycles. The minimum atomic E-state index is -0.0418. The Labute approximate surface area is 119 Å². The summed E-state index contributed by atoms with van der Waals surface area (Å²) in [5.74, 6) is 2.38. The lowest BCUT2D eigenvalue weighted by Crippen LogP contribution is -2.25. The van der Waals surface area contributed by atoms with E-state index in [4.69, 9.17) is 0 Å². The van der Waals surface area contributed by atoms with Crippen LogP contribution < -0.4 is 5.32 Å². The maximum absolute atomic E-state index is 4.61. The van der Waals surface area contributed by atoms with Crippen LogP contribution in [0.1, 0.15) is 53.8 Å². The second-order valence-electron chi connectivity index (χ2n) is 5.97. The standard InChI is InChI=1S/C14H24BrN3/c1-7-9(2)10(3)16-12-8-11(15)17-13(18-12)14(4,5)6/h8-10H,7H2,1-6H3,(H,16,17,18). The zero-order valence-corrected chi connectivity index (χ0v) is 13.8. The zero-order valence-electron chi connectivity index (χ0n) is 12.2. The van der Waals surface area contributed by atoms with Crippen LogP contribution in [0.4, 0.5) is 5.82 Å². The van der Waals surface area contributed by atoms with Gasteiger partial charge in [0.2, 0.25) is 0 Å². The first-order chi connectivity index (χ1) is 8.24. The van der Waals surface area contributed by atoms with Crippen LogP contribution in [0.25, 0.3) is 0 Å². The van der Waals surface area contributed by atoms with Crippen LogP contribution in [0.5, 0.6) is 0 Å². The van der Waals surface area contributed by atoms with Gasteiger partial charge in [-0.1, -0.05) is 41.0 Å². The summed E-state index contributed by atoms with van der Waals surface area (Å²) in [6.07, 6.45) is 1.16. The molecule has 1 aromatic heterocycles. The molecule has 0 radical (unpaired) electrons. The van der Waals surface area contributed by atoms with Crippen molar-refractivity contribution in [1.82, 2.24) is 9.97 Å². The maximum atomic E-state index is 4.61. The van der Waals surface area contributed by atoms with E-state index in [-0.39, 0.29) is 5.41 Å². The van der Waals surface area contributed by atoms with Crippen molar-refractivity contribution >= 4 is 21.7 Å². The summed E-state index contributed by atoms with van der Waals surface area (Å²) in [5, 5.41) is 3.46. The predicted molar refractivity (Wildman–Crippen MR) is 81.0 cm³/mol. The lowest BCUT2D eigenvalue weighted by molar-refractivity contribution is 0.491. The third-order valence-corrected chi connectivity index (χ3v) is 3.65. The Morgan fingerprint density at radius 3 is 2.39 bits per heavy atom. The number of rotatable bonds is 4. The quantitative estimate of drug-likeness (QED) is 0.838. The molecule has 102 valence electrons. The molecule has 4 heteroatoms. The number of nitrogens with zero attached hydrogens (tertiary/aromatic N) is 2. The highest BCUT2D eigenvalue weighted by Crippen LogP contribution is 2.23. The number of nitrogens with one attached hydrogen (secondary N) is 1. The van der Waals surface area contributed by atoms with Gasteiger partial charge in [0, 0.05) is 17.5 Å². The number of anilines is 1. The van der Waals surface area contributed by atoms with Gasteiger partial charge in [-0.05, 0) is 28.8 Å². The first kappa shape index (κ1) is 15.4. The molecule has 1 N–H and O–H groups in total. The molecule has 3 nitrogen and oxygen atoms in total. The second kappa shape index (κ2) is 6.00. The predicted octanol–water partition coefficient (Wildman–Crippen LogP) is 4.38. The van der Waals surface area contributed by atoms with Crippen molar-refractivity contribution in [2.24, 2.45) is 5.92 Å². The van der Waals surface area contributed by atoms with E-state index in [2.05, 4.69) is 72.8 Å². The summed E-state index contributed by atoms with van der Waals surface area (Å²) in [6.45, 7) is 13.0. The average Bonchev–Trinajstić information content (AvgIpc) is 2.25. The first-order valence-corrected chi connectivity index (χ1v) is 7.35. The third-order valence-electron chi connectivity index (χ3n) is 3.24. The Hall–Kier alpha value is -0.640. The number of hydrogen-bond acceptors (Lipinski definition) is 3. The van der Waals surface area contributed by atoms with Gasteiger partial charge in [0.1, 0.15) is 16.2 Å². The highest BCUT2D eigenvalue weighted by molar-refractivity contribution is 9.10. The van der Waals surface area contributed by atoms with Gasteiger partial charge in [0.05, 0.1) is 0 Å². The van der Waals surface area contributed by atoms with Crippen molar-refractivity contribution in [3.8, 4) is 0 Å². The Kier molecular flexibility index (Phi) is 5.14. The minimum Gasteiger partial charge on any atom is -0.367 e. The van der Waals surface area contributed by atoms with Gasteiger partial charge in [-0.25, -0.2) is 9.97 Å². The third kappa shape index (κ3) is 4.23. The summed E-state index contributed by atoms with van der Waals surface area (Å²) in [4.78, 5) is 9.05. The molecule has 0 spiro atoms. The van der Waals surface area contributed by atoms with Gasteiger partial charge in [0.25, 0.3) is 0 Å². The van der Waals surface area contributed by atoms with Crippen LogP contribution in [0.3, 0.4) is 0 Å².